The van der Waals surface area contributed by atoms with E-state index >= 15 is 0 Å². The molecule has 1 aromatic heterocycles. The Morgan fingerprint density at radius 1 is 1.26 bits per heavy atom. The van der Waals surface area contributed by atoms with Crippen LogP contribution in [0, 0.1) is 0 Å². The van der Waals surface area contributed by atoms with Crippen LogP contribution in [0.4, 0.5) is 11.5 Å². The van der Waals surface area contributed by atoms with Crippen LogP contribution >= 0.6 is 0 Å². The van der Waals surface area contributed by atoms with Gasteiger partial charge < -0.3 is 19.7 Å². The van der Waals surface area contributed by atoms with Crippen molar-refractivity contribution < 1.29 is 14.3 Å². The van der Waals surface area contributed by atoms with Gasteiger partial charge in [0.1, 0.15) is 11.6 Å². The molecule has 6 nitrogen and oxygen atoms in total. The summed E-state index contributed by atoms with van der Waals surface area (Å²) in [5, 5.41) is 2.82. The highest BCUT2D eigenvalue weighted by atomic mass is 16.5. The monoisotopic (exact) mass is 369 g/mol. The molecule has 2 atom stereocenters. The van der Waals surface area contributed by atoms with E-state index in [4.69, 9.17) is 9.47 Å². The second-order valence-corrected chi connectivity index (χ2v) is 6.91. The fourth-order valence-corrected chi connectivity index (χ4v) is 3.21. The average molecular weight is 369 g/mol. The van der Waals surface area contributed by atoms with Crippen molar-refractivity contribution in [1.29, 1.82) is 0 Å². The Morgan fingerprint density at radius 2 is 2.04 bits per heavy atom. The Hall–Kier alpha value is -2.60. The number of aromatic nitrogens is 1. The summed E-state index contributed by atoms with van der Waals surface area (Å²) in [6.07, 6.45) is 2.97. The molecule has 1 aliphatic rings. The van der Waals surface area contributed by atoms with Gasteiger partial charge in [-0.05, 0) is 50.1 Å². The van der Waals surface area contributed by atoms with E-state index in [1.165, 1.54) is 5.56 Å². The molecule has 1 amide bonds. The molecule has 1 fully saturated rings. The molecule has 6 heteroatoms. The largest absolute Gasteiger partial charge is 0.484 e. The van der Waals surface area contributed by atoms with E-state index in [-0.39, 0.29) is 24.7 Å². The van der Waals surface area contributed by atoms with Crippen LogP contribution in [0.5, 0.6) is 5.75 Å². The Labute approximate surface area is 160 Å². The number of hydrogen-bond acceptors (Lipinski definition) is 5. The van der Waals surface area contributed by atoms with E-state index in [0.29, 0.717) is 11.4 Å². The summed E-state index contributed by atoms with van der Waals surface area (Å²) in [5.41, 5.74) is 1.84. The van der Waals surface area contributed by atoms with Crippen molar-refractivity contribution >= 4 is 17.4 Å². The van der Waals surface area contributed by atoms with Gasteiger partial charge in [0, 0.05) is 13.1 Å². The number of nitrogens with one attached hydrogen (secondary N) is 1. The number of carbonyl (C=O) groups is 1. The molecule has 0 bridgehead atoms. The van der Waals surface area contributed by atoms with E-state index in [1.54, 1.807) is 6.20 Å². The van der Waals surface area contributed by atoms with Gasteiger partial charge >= 0.3 is 0 Å². The Bertz CT molecular complexity index is 754. The lowest BCUT2D eigenvalue weighted by atomic mass is 10.2. The topological polar surface area (TPSA) is 63.7 Å². The Balaban J connectivity index is 1.52. The SMILES string of the molecule is CCc1cccc(OCC(=O)Nc2ccc(N3C[C@H](C)O[C@@H](C)C3)nc2)c1. The second-order valence-electron chi connectivity index (χ2n) is 6.91. The number of aryl methyl sites for hydroxylation is 1. The summed E-state index contributed by atoms with van der Waals surface area (Å²) in [5.74, 6) is 1.39. The van der Waals surface area contributed by atoms with Crippen molar-refractivity contribution in [2.24, 2.45) is 0 Å². The van der Waals surface area contributed by atoms with E-state index in [9.17, 15) is 4.79 Å². The van der Waals surface area contributed by atoms with Gasteiger partial charge in [-0.15, -0.1) is 0 Å². The number of rotatable bonds is 6. The van der Waals surface area contributed by atoms with Gasteiger partial charge in [-0.3, -0.25) is 4.79 Å². The molecule has 0 aliphatic carbocycles. The first kappa shape index (κ1) is 19.2. The number of morpholine rings is 1. The van der Waals surface area contributed by atoms with E-state index in [2.05, 4.69) is 36.0 Å². The Morgan fingerprint density at radius 3 is 2.70 bits per heavy atom. The summed E-state index contributed by atoms with van der Waals surface area (Å²) in [4.78, 5) is 18.8. The molecule has 2 heterocycles. The fourth-order valence-electron chi connectivity index (χ4n) is 3.21. The molecule has 0 saturated carbocycles. The van der Waals surface area contributed by atoms with Crippen LogP contribution in [0.2, 0.25) is 0 Å². The van der Waals surface area contributed by atoms with Crippen LogP contribution in [0.3, 0.4) is 0 Å². The van der Waals surface area contributed by atoms with Crippen LogP contribution < -0.4 is 15.0 Å². The van der Waals surface area contributed by atoms with Gasteiger partial charge in [-0.25, -0.2) is 4.98 Å². The summed E-state index contributed by atoms with van der Waals surface area (Å²) in [6.45, 7) is 7.80. The number of carbonyl (C=O) groups excluding carboxylic acids is 1. The van der Waals surface area contributed by atoms with Crippen LogP contribution in [0.15, 0.2) is 42.6 Å². The van der Waals surface area contributed by atoms with Gasteiger partial charge in [-0.2, -0.15) is 0 Å². The van der Waals surface area contributed by atoms with Crippen molar-refractivity contribution in [3.05, 3.63) is 48.2 Å². The summed E-state index contributed by atoms with van der Waals surface area (Å²) >= 11 is 0. The lowest BCUT2D eigenvalue weighted by molar-refractivity contribution is -0.118. The van der Waals surface area contributed by atoms with E-state index in [0.717, 1.165) is 25.3 Å². The Kier molecular flexibility index (Phi) is 6.29. The number of anilines is 2. The van der Waals surface area contributed by atoms with Crippen molar-refractivity contribution in [3.8, 4) is 5.75 Å². The molecule has 1 N–H and O–H groups in total. The first-order valence-electron chi connectivity index (χ1n) is 9.41. The zero-order chi connectivity index (χ0) is 19.2. The zero-order valence-corrected chi connectivity index (χ0v) is 16.1. The average Bonchev–Trinajstić information content (AvgIpc) is 2.66. The molecule has 1 saturated heterocycles. The lowest BCUT2D eigenvalue weighted by Gasteiger charge is -2.36. The minimum atomic E-state index is -0.208. The van der Waals surface area contributed by atoms with Crippen molar-refractivity contribution in [2.75, 3.05) is 29.9 Å². The number of hydrogen-bond donors (Lipinski definition) is 1. The third-order valence-electron chi connectivity index (χ3n) is 4.45. The van der Waals surface area contributed by atoms with Gasteiger partial charge in [0.15, 0.2) is 6.61 Å². The lowest BCUT2D eigenvalue weighted by Crippen LogP contribution is -2.45. The van der Waals surface area contributed by atoms with Gasteiger partial charge in [0.2, 0.25) is 0 Å². The number of amides is 1. The van der Waals surface area contributed by atoms with Crippen molar-refractivity contribution in [1.82, 2.24) is 4.98 Å². The highest BCUT2D eigenvalue weighted by molar-refractivity contribution is 5.91. The molecule has 1 aliphatic heterocycles. The molecule has 27 heavy (non-hydrogen) atoms. The van der Waals surface area contributed by atoms with Crippen LogP contribution in [0.1, 0.15) is 26.3 Å². The molecule has 0 unspecified atom stereocenters. The molecular weight excluding hydrogens is 342 g/mol. The summed E-state index contributed by atoms with van der Waals surface area (Å²) in [7, 11) is 0. The van der Waals surface area contributed by atoms with E-state index < -0.39 is 0 Å². The van der Waals surface area contributed by atoms with Crippen LogP contribution in [-0.2, 0) is 16.0 Å². The maximum absolute atomic E-state index is 12.1. The summed E-state index contributed by atoms with van der Waals surface area (Å²) in [6, 6.07) is 11.6. The highest BCUT2D eigenvalue weighted by Crippen LogP contribution is 2.20. The third kappa shape index (κ3) is 5.44. The van der Waals surface area contributed by atoms with Gasteiger partial charge in [-0.1, -0.05) is 19.1 Å². The minimum absolute atomic E-state index is 0.0343. The molecule has 1 aromatic carbocycles. The molecule has 144 valence electrons. The molecule has 0 radical (unpaired) electrons. The predicted octanol–water partition coefficient (Wildman–Crippen LogP) is 3.28. The maximum atomic E-state index is 12.1. The first-order valence-corrected chi connectivity index (χ1v) is 9.41. The van der Waals surface area contributed by atoms with Gasteiger partial charge in [0.25, 0.3) is 5.91 Å². The number of nitrogens with zero attached hydrogens (tertiary/aromatic N) is 2. The number of ether oxygens (including phenoxy) is 2. The normalized spacial score (nSPS) is 19.6. The molecular formula is C21H27N3O3. The predicted molar refractivity (Wildman–Crippen MR) is 106 cm³/mol. The number of benzene rings is 1. The maximum Gasteiger partial charge on any atom is 0.262 e. The molecule has 3 rings (SSSR count). The summed E-state index contributed by atoms with van der Waals surface area (Å²) < 4.78 is 11.3. The standard InChI is InChI=1S/C21H27N3O3/c1-4-17-6-5-7-19(10-17)26-14-21(25)23-18-8-9-20(22-11-18)24-12-15(2)27-16(3)13-24/h5-11,15-16H,4,12-14H2,1-3H3,(H,23,25)/t15-,16-/m0/s1. The zero-order valence-electron chi connectivity index (χ0n) is 16.1. The fraction of sp³-hybridized carbons (Fsp3) is 0.429. The van der Waals surface area contributed by atoms with Crippen LogP contribution in [0.25, 0.3) is 0 Å². The number of pyridine rings is 1. The first-order chi connectivity index (χ1) is 13.0. The minimum Gasteiger partial charge on any atom is -0.484 e. The van der Waals surface area contributed by atoms with Crippen molar-refractivity contribution in [2.45, 2.75) is 39.4 Å². The highest BCUT2D eigenvalue weighted by Gasteiger charge is 2.23. The smallest absolute Gasteiger partial charge is 0.262 e. The van der Waals surface area contributed by atoms with Crippen LogP contribution in [-0.4, -0.2) is 42.8 Å². The van der Waals surface area contributed by atoms with Gasteiger partial charge in [0.05, 0.1) is 24.1 Å². The van der Waals surface area contributed by atoms with Crippen molar-refractivity contribution in [3.63, 3.8) is 0 Å². The van der Waals surface area contributed by atoms with E-state index in [1.807, 2.05) is 36.4 Å². The second kappa shape index (κ2) is 8.86. The molecule has 2 aromatic rings. The quantitative estimate of drug-likeness (QED) is 0.847. The molecule has 0 spiro atoms. The third-order valence-corrected chi connectivity index (χ3v) is 4.45.